The first-order valence-corrected chi connectivity index (χ1v) is 6.65. The van der Waals surface area contributed by atoms with Crippen molar-refractivity contribution < 1.29 is 9.63 Å². The minimum Gasteiger partial charge on any atom is -0.275 e. The van der Waals surface area contributed by atoms with Crippen LogP contribution in [-0.2, 0) is 11.9 Å². The van der Waals surface area contributed by atoms with E-state index in [0.29, 0.717) is 5.69 Å². The highest BCUT2D eigenvalue weighted by Gasteiger charge is 2.14. The molecule has 0 atom stereocenters. The summed E-state index contributed by atoms with van der Waals surface area (Å²) in [7, 11) is 4.83. The summed E-state index contributed by atoms with van der Waals surface area (Å²) in [5.74, 6) is -0.309. The van der Waals surface area contributed by atoms with Crippen LogP contribution in [0, 0.1) is 0 Å². The Morgan fingerprint density at radius 1 is 1.18 bits per heavy atom. The lowest BCUT2D eigenvalue weighted by Gasteiger charge is -2.13. The number of aryl methyl sites for hydroxylation is 1. The molecule has 22 heavy (non-hydrogen) atoms. The van der Waals surface area contributed by atoms with Crippen LogP contribution in [0.3, 0.4) is 0 Å². The van der Waals surface area contributed by atoms with Crippen molar-refractivity contribution in [2.75, 3.05) is 14.2 Å². The van der Waals surface area contributed by atoms with Crippen LogP contribution in [0.5, 0.6) is 0 Å². The SMILES string of the molecule is CON(C)C(=O)c1cc2cc(-c3cnn(C)c3)cnc2cn1. The molecule has 3 aromatic rings. The number of carbonyl (C=O) groups excluding carboxylic acids is 1. The minimum atomic E-state index is -0.309. The van der Waals surface area contributed by atoms with Gasteiger partial charge in [0.2, 0.25) is 0 Å². The average Bonchev–Trinajstić information content (AvgIpc) is 2.98. The number of aromatic nitrogens is 4. The third kappa shape index (κ3) is 2.53. The molecule has 0 saturated heterocycles. The first-order valence-electron chi connectivity index (χ1n) is 6.65. The fourth-order valence-electron chi connectivity index (χ4n) is 2.12. The Hall–Kier alpha value is -2.80. The van der Waals surface area contributed by atoms with Gasteiger partial charge in [0.05, 0.1) is 25.0 Å². The van der Waals surface area contributed by atoms with Gasteiger partial charge in [-0.2, -0.15) is 5.10 Å². The largest absolute Gasteiger partial charge is 0.295 e. The number of hydroxylamine groups is 2. The van der Waals surface area contributed by atoms with Crippen LogP contribution in [0.2, 0.25) is 0 Å². The van der Waals surface area contributed by atoms with E-state index in [2.05, 4.69) is 15.1 Å². The molecular formula is C15H15N5O2. The second-order valence-electron chi connectivity index (χ2n) is 4.87. The van der Waals surface area contributed by atoms with Gasteiger partial charge < -0.3 is 0 Å². The van der Waals surface area contributed by atoms with E-state index in [1.165, 1.54) is 7.11 Å². The van der Waals surface area contributed by atoms with E-state index in [-0.39, 0.29) is 5.91 Å². The average molecular weight is 297 g/mol. The van der Waals surface area contributed by atoms with Gasteiger partial charge in [-0.15, -0.1) is 0 Å². The van der Waals surface area contributed by atoms with Crippen molar-refractivity contribution in [3.8, 4) is 11.1 Å². The standard InChI is InChI=1S/C15H15N5O2/c1-19-9-12(7-18-19)11-4-10-5-13(15(21)20(2)22-3)17-8-14(10)16-6-11/h4-9H,1-3H3. The van der Waals surface area contributed by atoms with Crippen molar-refractivity contribution in [3.63, 3.8) is 0 Å². The van der Waals surface area contributed by atoms with Crippen molar-refractivity contribution in [1.29, 1.82) is 0 Å². The van der Waals surface area contributed by atoms with Crippen LogP contribution in [0.25, 0.3) is 22.0 Å². The van der Waals surface area contributed by atoms with Gasteiger partial charge in [-0.1, -0.05) is 0 Å². The number of nitrogens with zero attached hydrogens (tertiary/aromatic N) is 5. The Labute approximate surface area is 127 Å². The van der Waals surface area contributed by atoms with Crippen molar-refractivity contribution in [3.05, 3.63) is 42.6 Å². The number of hydrogen-bond donors (Lipinski definition) is 0. The third-order valence-electron chi connectivity index (χ3n) is 3.38. The van der Waals surface area contributed by atoms with Gasteiger partial charge in [-0.3, -0.25) is 19.3 Å². The number of pyridine rings is 2. The molecule has 7 heteroatoms. The maximum Gasteiger partial charge on any atom is 0.295 e. The Kier molecular flexibility index (Phi) is 3.56. The zero-order valence-corrected chi connectivity index (χ0v) is 12.5. The molecule has 0 aliphatic carbocycles. The lowest BCUT2D eigenvalue weighted by Crippen LogP contribution is -2.26. The monoisotopic (exact) mass is 297 g/mol. The minimum absolute atomic E-state index is 0.307. The summed E-state index contributed by atoms with van der Waals surface area (Å²) < 4.78 is 1.73. The van der Waals surface area contributed by atoms with Gasteiger partial charge in [0.15, 0.2) is 0 Å². The lowest BCUT2D eigenvalue weighted by molar-refractivity contribution is -0.0760. The van der Waals surface area contributed by atoms with Crippen molar-refractivity contribution >= 4 is 16.8 Å². The highest BCUT2D eigenvalue weighted by atomic mass is 16.7. The number of fused-ring (bicyclic) bond motifs is 1. The van der Waals surface area contributed by atoms with Gasteiger partial charge >= 0.3 is 0 Å². The van der Waals surface area contributed by atoms with Gasteiger partial charge in [-0.05, 0) is 12.1 Å². The molecule has 0 N–H and O–H groups in total. The molecule has 0 aliphatic rings. The van der Waals surface area contributed by atoms with Crippen molar-refractivity contribution in [1.82, 2.24) is 24.8 Å². The maximum absolute atomic E-state index is 12.1. The maximum atomic E-state index is 12.1. The molecule has 3 heterocycles. The number of carbonyl (C=O) groups is 1. The molecule has 3 rings (SSSR count). The van der Waals surface area contributed by atoms with Gasteiger partial charge in [0.1, 0.15) is 5.69 Å². The Morgan fingerprint density at radius 3 is 2.68 bits per heavy atom. The molecule has 7 nitrogen and oxygen atoms in total. The normalized spacial score (nSPS) is 10.9. The molecular weight excluding hydrogens is 282 g/mol. The van der Waals surface area contributed by atoms with E-state index >= 15 is 0 Å². The van der Waals surface area contributed by atoms with E-state index in [1.807, 2.05) is 19.3 Å². The molecule has 0 unspecified atom stereocenters. The molecule has 3 aromatic heterocycles. The summed E-state index contributed by atoms with van der Waals surface area (Å²) in [5, 5.41) is 6.12. The van der Waals surface area contributed by atoms with Crippen LogP contribution < -0.4 is 0 Å². The summed E-state index contributed by atoms with van der Waals surface area (Å²) in [6.07, 6.45) is 7.03. The molecule has 112 valence electrons. The number of amides is 1. The van der Waals surface area contributed by atoms with E-state index in [0.717, 1.165) is 27.1 Å². The Bertz CT molecular complexity index is 843. The van der Waals surface area contributed by atoms with Crippen LogP contribution in [0.4, 0.5) is 0 Å². The zero-order chi connectivity index (χ0) is 15.7. The second-order valence-corrected chi connectivity index (χ2v) is 4.87. The Morgan fingerprint density at radius 2 is 2.00 bits per heavy atom. The topological polar surface area (TPSA) is 73.1 Å². The van der Waals surface area contributed by atoms with Crippen molar-refractivity contribution in [2.45, 2.75) is 0 Å². The lowest BCUT2D eigenvalue weighted by atomic mass is 10.1. The summed E-state index contributed by atoms with van der Waals surface area (Å²) in [4.78, 5) is 25.5. The van der Waals surface area contributed by atoms with Gasteiger partial charge in [0.25, 0.3) is 5.91 Å². The summed E-state index contributed by atoms with van der Waals surface area (Å²) in [5.41, 5.74) is 2.94. The smallest absolute Gasteiger partial charge is 0.275 e. The first-order chi connectivity index (χ1) is 10.6. The van der Waals surface area contributed by atoms with E-state index < -0.39 is 0 Å². The molecule has 0 aromatic carbocycles. The molecule has 0 radical (unpaired) electrons. The summed E-state index contributed by atoms with van der Waals surface area (Å²) in [6, 6.07) is 3.67. The summed E-state index contributed by atoms with van der Waals surface area (Å²) in [6.45, 7) is 0. The predicted molar refractivity (Wildman–Crippen MR) is 80.8 cm³/mol. The molecule has 0 bridgehead atoms. The second kappa shape index (κ2) is 5.53. The third-order valence-corrected chi connectivity index (χ3v) is 3.38. The van der Waals surface area contributed by atoms with Crippen LogP contribution in [-0.4, -0.2) is 44.9 Å². The number of rotatable bonds is 3. The van der Waals surface area contributed by atoms with Gasteiger partial charge in [-0.25, -0.2) is 10.0 Å². The highest BCUT2D eigenvalue weighted by Crippen LogP contribution is 2.22. The van der Waals surface area contributed by atoms with Crippen LogP contribution >= 0.6 is 0 Å². The van der Waals surface area contributed by atoms with E-state index in [4.69, 9.17) is 4.84 Å². The molecule has 0 saturated carbocycles. The molecule has 0 spiro atoms. The first kappa shape index (κ1) is 14.2. The van der Waals surface area contributed by atoms with Crippen molar-refractivity contribution in [2.24, 2.45) is 7.05 Å². The van der Waals surface area contributed by atoms with Gasteiger partial charge in [0, 0.05) is 43.0 Å². The van der Waals surface area contributed by atoms with Crippen LogP contribution in [0.1, 0.15) is 10.5 Å². The van der Waals surface area contributed by atoms with E-state index in [9.17, 15) is 4.79 Å². The zero-order valence-electron chi connectivity index (χ0n) is 12.5. The van der Waals surface area contributed by atoms with E-state index in [1.54, 1.807) is 36.4 Å². The van der Waals surface area contributed by atoms with Crippen LogP contribution in [0.15, 0.2) is 36.9 Å². The molecule has 0 fully saturated rings. The molecule has 1 amide bonds. The quantitative estimate of drug-likeness (QED) is 0.687. The number of hydrogen-bond acceptors (Lipinski definition) is 5. The fourth-order valence-corrected chi connectivity index (χ4v) is 2.12. The molecule has 0 aliphatic heterocycles. The fraction of sp³-hybridized carbons (Fsp3) is 0.200. The predicted octanol–water partition coefficient (Wildman–Crippen LogP) is 1.66. The Balaban J connectivity index is 2.05. The highest BCUT2D eigenvalue weighted by molar-refractivity contribution is 5.95. The summed E-state index contributed by atoms with van der Waals surface area (Å²) >= 11 is 0.